The van der Waals surface area contributed by atoms with E-state index < -0.39 is 23.5 Å². The minimum absolute atomic E-state index is 0.0986. The van der Waals surface area contributed by atoms with Crippen molar-refractivity contribution in [3.63, 3.8) is 0 Å². The molecule has 0 bridgehead atoms. The summed E-state index contributed by atoms with van der Waals surface area (Å²) in [5, 5.41) is 22.1. The monoisotopic (exact) mass is 495 g/mol. The number of phenolic OH excluding ortho intramolecular Hbond substituents is 1. The number of Topliss-reactive ketones (excluding diaryl/α,β-unsaturated/α-hetero) is 1. The van der Waals surface area contributed by atoms with E-state index >= 15 is 0 Å². The number of hydrogen-bond acceptors (Lipinski definition) is 7. The molecule has 4 rings (SSSR count). The third-order valence-corrected chi connectivity index (χ3v) is 6.02. The van der Waals surface area contributed by atoms with Crippen molar-refractivity contribution < 1.29 is 34.0 Å². The maximum Gasteiger partial charge on any atom is 0.300 e. The van der Waals surface area contributed by atoms with E-state index in [1.807, 2.05) is 0 Å². The number of rotatable bonds is 6. The second kappa shape index (κ2) is 9.60. The summed E-state index contributed by atoms with van der Waals surface area (Å²) >= 11 is 6.29. The lowest BCUT2D eigenvalue weighted by Crippen LogP contribution is -2.29. The molecular weight excluding hydrogens is 474 g/mol. The third kappa shape index (κ3) is 4.13. The lowest BCUT2D eigenvalue weighted by Gasteiger charge is -2.26. The van der Waals surface area contributed by atoms with Crippen LogP contribution in [0.4, 0.5) is 5.69 Å². The molecule has 3 aromatic rings. The fourth-order valence-electron chi connectivity index (χ4n) is 4.07. The van der Waals surface area contributed by atoms with E-state index in [0.717, 1.165) is 4.90 Å². The van der Waals surface area contributed by atoms with E-state index in [-0.39, 0.29) is 33.3 Å². The molecule has 1 saturated heterocycles. The van der Waals surface area contributed by atoms with Gasteiger partial charge in [-0.05, 0) is 35.9 Å². The van der Waals surface area contributed by atoms with E-state index in [1.54, 1.807) is 36.4 Å². The van der Waals surface area contributed by atoms with Crippen LogP contribution in [-0.4, -0.2) is 43.2 Å². The molecule has 0 spiro atoms. The van der Waals surface area contributed by atoms with Gasteiger partial charge in [-0.2, -0.15) is 0 Å². The highest BCUT2D eigenvalue weighted by atomic mass is 35.5. The van der Waals surface area contributed by atoms with Crippen LogP contribution in [0.15, 0.2) is 66.2 Å². The Morgan fingerprint density at radius 3 is 2.29 bits per heavy atom. The average Bonchev–Trinajstić information content (AvgIpc) is 3.14. The van der Waals surface area contributed by atoms with Gasteiger partial charge in [-0.3, -0.25) is 14.5 Å². The molecule has 8 nitrogen and oxygen atoms in total. The van der Waals surface area contributed by atoms with Gasteiger partial charge in [0.1, 0.15) is 28.8 Å². The minimum atomic E-state index is -1.08. The van der Waals surface area contributed by atoms with Crippen LogP contribution in [0, 0.1) is 0 Å². The lowest BCUT2D eigenvalue weighted by molar-refractivity contribution is -0.132. The molecule has 0 saturated carbocycles. The van der Waals surface area contributed by atoms with E-state index in [1.165, 1.54) is 45.6 Å². The number of nitrogens with zero attached hydrogens (tertiary/aromatic N) is 1. The van der Waals surface area contributed by atoms with Crippen LogP contribution in [0.2, 0.25) is 5.02 Å². The van der Waals surface area contributed by atoms with Gasteiger partial charge < -0.3 is 24.4 Å². The van der Waals surface area contributed by atoms with Crippen LogP contribution in [0.3, 0.4) is 0 Å². The summed E-state index contributed by atoms with van der Waals surface area (Å²) in [6.45, 7) is 0. The van der Waals surface area contributed by atoms with E-state index in [4.69, 9.17) is 25.8 Å². The number of hydrogen-bond donors (Lipinski definition) is 2. The second-order valence-electron chi connectivity index (χ2n) is 7.62. The topological polar surface area (TPSA) is 106 Å². The number of aromatic hydroxyl groups is 1. The SMILES string of the molecule is COc1cccc(C2/C(=C(\O)c3cc(Cl)c(OC)cc3OC)C(=O)C(=O)N2c2ccccc2O)c1. The highest BCUT2D eigenvalue weighted by Crippen LogP contribution is 2.46. The Labute approximate surface area is 206 Å². The van der Waals surface area contributed by atoms with Crippen molar-refractivity contribution >= 4 is 34.7 Å². The molecule has 1 fully saturated rings. The Hall–Kier alpha value is -4.17. The number of anilines is 1. The van der Waals surface area contributed by atoms with Crippen molar-refractivity contribution in [2.45, 2.75) is 6.04 Å². The number of carbonyl (C=O) groups is 2. The number of ether oxygens (including phenoxy) is 3. The predicted molar refractivity (Wildman–Crippen MR) is 130 cm³/mol. The highest BCUT2D eigenvalue weighted by molar-refractivity contribution is 6.52. The van der Waals surface area contributed by atoms with Crippen molar-refractivity contribution in [2.75, 3.05) is 26.2 Å². The summed E-state index contributed by atoms with van der Waals surface area (Å²) in [6.07, 6.45) is 0. The predicted octanol–water partition coefficient (Wildman–Crippen LogP) is 4.70. The summed E-state index contributed by atoms with van der Waals surface area (Å²) in [4.78, 5) is 27.8. The van der Waals surface area contributed by atoms with Crippen molar-refractivity contribution in [1.29, 1.82) is 0 Å². The van der Waals surface area contributed by atoms with Gasteiger partial charge in [-0.15, -0.1) is 0 Å². The second-order valence-corrected chi connectivity index (χ2v) is 8.03. The molecular formula is C26H22ClNO7. The van der Waals surface area contributed by atoms with E-state index in [9.17, 15) is 19.8 Å². The summed E-state index contributed by atoms with van der Waals surface area (Å²) in [5.41, 5.74) is 0.487. The molecule has 1 aliphatic heterocycles. The maximum atomic E-state index is 13.3. The molecule has 1 atom stereocenters. The first-order chi connectivity index (χ1) is 16.8. The summed E-state index contributed by atoms with van der Waals surface area (Å²) < 4.78 is 15.9. The number of carbonyl (C=O) groups excluding carboxylic acids is 2. The zero-order chi connectivity index (χ0) is 25.3. The summed E-state index contributed by atoms with van der Waals surface area (Å²) in [7, 11) is 4.31. The Bertz CT molecular complexity index is 1350. The molecule has 0 aliphatic carbocycles. The van der Waals surface area contributed by atoms with Gasteiger partial charge in [-0.1, -0.05) is 35.9 Å². The summed E-state index contributed by atoms with van der Waals surface area (Å²) in [6, 6.07) is 14.7. The zero-order valence-corrected chi connectivity index (χ0v) is 19.9. The number of para-hydroxylation sites is 2. The number of halogens is 1. The first-order valence-corrected chi connectivity index (χ1v) is 10.8. The molecule has 2 N–H and O–H groups in total. The quantitative estimate of drug-likeness (QED) is 0.290. The lowest BCUT2D eigenvalue weighted by atomic mass is 9.94. The Morgan fingerprint density at radius 1 is 0.914 bits per heavy atom. The van der Waals surface area contributed by atoms with E-state index in [0.29, 0.717) is 17.1 Å². The van der Waals surface area contributed by atoms with Crippen LogP contribution in [0.5, 0.6) is 23.0 Å². The van der Waals surface area contributed by atoms with Gasteiger partial charge in [-0.25, -0.2) is 0 Å². The maximum absolute atomic E-state index is 13.3. The molecule has 1 unspecified atom stereocenters. The Balaban J connectivity index is 2.02. The normalized spacial score (nSPS) is 16.9. The van der Waals surface area contributed by atoms with Crippen LogP contribution < -0.4 is 19.1 Å². The van der Waals surface area contributed by atoms with Crippen LogP contribution >= 0.6 is 11.6 Å². The number of amides is 1. The number of benzene rings is 3. The largest absolute Gasteiger partial charge is 0.507 e. The van der Waals surface area contributed by atoms with Crippen LogP contribution in [0.25, 0.3) is 5.76 Å². The minimum Gasteiger partial charge on any atom is -0.507 e. The molecule has 0 aromatic heterocycles. The first-order valence-electron chi connectivity index (χ1n) is 10.5. The molecule has 1 aliphatic rings. The zero-order valence-electron chi connectivity index (χ0n) is 19.1. The fourth-order valence-corrected chi connectivity index (χ4v) is 4.31. The smallest absolute Gasteiger partial charge is 0.300 e. The van der Waals surface area contributed by atoms with Gasteiger partial charge in [0.2, 0.25) is 0 Å². The molecule has 0 radical (unpaired) electrons. The Morgan fingerprint density at radius 2 is 1.63 bits per heavy atom. The van der Waals surface area contributed by atoms with Gasteiger partial charge >= 0.3 is 0 Å². The number of phenols is 1. The molecule has 3 aromatic carbocycles. The van der Waals surface area contributed by atoms with Crippen molar-refractivity contribution in [3.8, 4) is 23.0 Å². The van der Waals surface area contributed by atoms with Gasteiger partial charge in [0, 0.05) is 6.07 Å². The molecule has 9 heteroatoms. The molecule has 35 heavy (non-hydrogen) atoms. The highest BCUT2D eigenvalue weighted by Gasteiger charge is 2.48. The first kappa shape index (κ1) is 24.0. The fraction of sp³-hybridized carbons (Fsp3) is 0.154. The Kier molecular flexibility index (Phi) is 6.57. The van der Waals surface area contributed by atoms with Gasteiger partial charge in [0.05, 0.1) is 49.2 Å². The van der Waals surface area contributed by atoms with Crippen molar-refractivity contribution in [3.05, 3.63) is 82.4 Å². The molecule has 1 heterocycles. The van der Waals surface area contributed by atoms with Gasteiger partial charge in [0.25, 0.3) is 11.7 Å². The standard InChI is InChI=1S/C26H22ClNO7/c1-33-15-8-6-7-14(11-15)23-22(24(30)16-12-17(27)21(35-3)13-20(16)34-2)25(31)26(32)28(23)18-9-4-5-10-19(18)29/h4-13,23,29-30H,1-3H3/b24-22+. The number of aliphatic hydroxyl groups excluding tert-OH is 1. The van der Waals surface area contributed by atoms with Crippen LogP contribution in [0.1, 0.15) is 17.2 Å². The van der Waals surface area contributed by atoms with Gasteiger partial charge in [0.15, 0.2) is 0 Å². The molecule has 1 amide bonds. The van der Waals surface area contributed by atoms with Crippen molar-refractivity contribution in [1.82, 2.24) is 0 Å². The number of methoxy groups -OCH3 is 3. The van der Waals surface area contributed by atoms with Crippen LogP contribution in [-0.2, 0) is 9.59 Å². The van der Waals surface area contributed by atoms with E-state index in [2.05, 4.69) is 0 Å². The van der Waals surface area contributed by atoms with Crippen molar-refractivity contribution in [2.24, 2.45) is 0 Å². The third-order valence-electron chi connectivity index (χ3n) is 5.72. The number of ketones is 1. The number of aliphatic hydroxyl groups is 1. The molecule has 180 valence electrons. The summed E-state index contributed by atoms with van der Waals surface area (Å²) in [5.74, 6) is -1.58. The average molecular weight is 496 g/mol.